The monoisotopic (exact) mass is 261 g/mol. The van der Waals surface area contributed by atoms with Gasteiger partial charge in [0.25, 0.3) is 0 Å². The van der Waals surface area contributed by atoms with E-state index in [4.69, 9.17) is 11.6 Å². The molecule has 0 radical (unpaired) electrons. The van der Waals surface area contributed by atoms with E-state index < -0.39 is 11.7 Å². The molecule has 0 N–H and O–H groups in total. The molecular weight excluding hydrogens is 255 g/mol. The minimum atomic E-state index is -4.43. The second kappa shape index (κ2) is 4.37. The van der Waals surface area contributed by atoms with Gasteiger partial charge in [-0.1, -0.05) is 6.07 Å². The van der Waals surface area contributed by atoms with Gasteiger partial charge in [0.05, 0.1) is 11.3 Å². The number of halogens is 4. The van der Waals surface area contributed by atoms with Crippen LogP contribution in [0.2, 0.25) is 0 Å². The second-order valence-corrected chi connectivity index (χ2v) is 3.58. The maximum atomic E-state index is 12.8. The average molecular weight is 262 g/mol. The van der Waals surface area contributed by atoms with Gasteiger partial charge in [-0.25, -0.2) is 9.67 Å². The second-order valence-electron chi connectivity index (χ2n) is 3.31. The fraction of sp³-hybridized carbons (Fsp3) is 0.200. The Hall–Kier alpha value is -1.56. The van der Waals surface area contributed by atoms with Gasteiger partial charge in [0.15, 0.2) is 0 Å². The summed E-state index contributed by atoms with van der Waals surface area (Å²) in [6, 6.07) is 3.86. The molecule has 2 aromatic rings. The van der Waals surface area contributed by atoms with Crippen molar-refractivity contribution in [2.24, 2.45) is 0 Å². The number of rotatable bonds is 2. The predicted molar refractivity (Wildman–Crippen MR) is 55.9 cm³/mol. The van der Waals surface area contributed by atoms with Crippen LogP contribution in [0.5, 0.6) is 0 Å². The Morgan fingerprint density at radius 2 is 2.06 bits per heavy atom. The van der Waals surface area contributed by atoms with E-state index in [0.29, 0.717) is 5.69 Å². The van der Waals surface area contributed by atoms with Crippen molar-refractivity contribution in [3.8, 4) is 5.69 Å². The molecule has 1 aromatic heterocycles. The molecule has 17 heavy (non-hydrogen) atoms. The lowest BCUT2D eigenvalue weighted by Crippen LogP contribution is -2.10. The first kappa shape index (κ1) is 11.9. The summed E-state index contributed by atoms with van der Waals surface area (Å²) in [6.45, 7) is 0. The Kier molecular flexibility index (Phi) is 3.06. The van der Waals surface area contributed by atoms with E-state index >= 15 is 0 Å². The van der Waals surface area contributed by atoms with E-state index in [2.05, 4.69) is 10.1 Å². The van der Waals surface area contributed by atoms with Crippen molar-refractivity contribution < 1.29 is 13.2 Å². The molecule has 0 saturated carbocycles. The molecule has 0 unspecified atom stereocenters. The lowest BCUT2D eigenvalue weighted by molar-refractivity contribution is -0.138. The average Bonchev–Trinajstić information content (AvgIpc) is 2.80. The van der Waals surface area contributed by atoms with Crippen LogP contribution in [-0.4, -0.2) is 14.8 Å². The van der Waals surface area contributed by atoms with Crippen LogP contribution in [0, 0.1) is 0 Å². The Balaban J connectivity index is 2.53. The van der Waals surface area contributed by atoms with Gasteiger partial charge in [-0.15, -0.1) is 11.6 Å². The summed E-state index contributed by atoms with van der Waals surface area (Å²) < 4.78 is 39.5. The molecule has 1 heterocycles. The van der Waals surface area contributed by atoms with E-state index in [9.17, 15) is 13.2 Å². The van der Waals surface area contributed by atoms with Crippen LogP contribution < -0.4 is 0 Å². The summed E-state index contributed by atoms with van der Waals surface area (Å²) in [4.78, 5) is 3.68. The number of benzene rings is 1. The largest absolute Gasteiger partial charge is 0.416 e. The Labute approximate surface area is 99.8 Å². The normalized spacial score (nSPS) is 11.8. The van der Waals surface area contributed by atoms with Crippen LogP contribution in [0.15, 0.2) is 30.9 Å². The van der Waals surface area contributed by atoms with Crippen LogP contribution in [0.3, 0.4) is 0 Å². The van der Waals surface area contributed by atoms with Crippen LogP contribution in [-0.2, 0) is 12.1 Å². The van der Waals surface area contributed by atoms with Gasteiger partial charge < -0.3 is 0 Å². The standard InChI is InChI=1S/C10H7ClF3N3/c11-4-7-1-2-8(17-6-15-5-16-17)3-9(7)10(12,13)14/h1-3,5-6H,4H2. The number of alkyl halides is 4. The molecule has 7 heteroatoms. The maximum Gasteiger partial charge on any atom is 0.416 e. The van der Waals surface area contributed by atoms with Crippen LogP contribution >= 0.6 is 11.6 Å². The lowest BCUT2D eigenvalue weighted by atomic mass is 10.1. The summed E-state index contributed by atoms with van der Waals surface area (Å²) in [5.41, 5.74) is -0.410. The summed E-state index contributed by atoms with van der Waals surface area (Å²) in [5, 5.41) is 3.77. The number of hydrogen-bond acceptors (Lipinski definition) is 2. The molecule has 90 valence electrons. The first-order chi connectivity index (χ1) is 8.02. The predicted octanol–water partition coefficient (Wildman–Crippen LogP) is 3.02. The van der Waals surface area contributed by atoms with Gasteiger partial charge in [-0.05, 0) is 17.7 Å². The fourth-order valence-corrected chi connectivity index (χ4v) is 1.66. The van der Waals surface area contributed by atoms with Gasteiger partial charge in [0, 0.05) is 5.88 Å². The number of hydrogen-bond donors (Lipinski definition) is 0. The first-order valence-electron chi connectivity index (χ1n) is 4.63. The fourth-order valence-electron chi connectivity index (χ4n) is 1.43. The zero-order valence-corrected chi connectivity index (χ0v) is 9.20. The summed E-state index contributed by atoms with van der Waals surface area (Å²) in [5.74, 6) is -0.188. The third-order valence-electron chi connectivity index (χ3n) is 2.23. The van der Waals surface area contributed by atoms with Crippen molar-refractivity contribution in [3.05, 3.63) is 42.0 Å². The highest BCUT2D eigenvalue weighted by Crippen LogP contribution is 2.33. The van der Waals surface area contributed by atoms with Crippen molar-refractivity contribution in [2.45, 2.75) is 12.1 Å². The maximum absolute atomic E-state index is 12.8. The summed E-state index contributed by atoms with van der Waals surface area (Å²) in [7, 11) is 0. The molecule has 0 fully saturated rings. The van der Waals surface area contributed by atoms with Gasteiger partial charge in [-0.3, -0.25) is 0 Å². The van der Waals surface area contributed by atoms with E-state index in [1.807, 2.05) is 0 Å². The van der Waals surface area contributed by atoms with Gasteiger partial charge >= 0.3 is 6.18 Å². The zero-order chi connectivity index (χ0) is 12.5. The third-order valence-corrected chi connectivity index (χ3v) is 2.51. The third kappa shape index (κ3) is 2.41. The van der Waals surface area contributed by atoms with E-state index in [1.54, 1.807) is 0 Å². The molecule has 3 nitrogen and oxygen atoms in total. The molecule has 2 rings (SSSR count). The van der Waals surface area contributed by atoms with Crippen LogP contribution in [0.1, 0.15) is 11.1 Å². The van der Waals surface area contributed by atoms with Crippen molar-refractivity contribution >= 4 is 11.6 Å². The van der Waals surface area contributed by atoms with Crippen molar-refractivity contribution in [3.63, 3.8) is 0 Å². The Morgan fingerprint density at radius 1 is 1.29 bits per heavy atom. The Morgan fingerprint density at radius 3 is 2.59 bits per heavy atom. The van der Waals surface area contributed by atoms with E-state index in [-0.39, 0.29) is 11.4 Å². The molecule has 0 atom stereocenters. The molecule has 0 aliphatic rings. The van der Waals surface area contributed by atoms with Gasteiger partial charge in [0.1, 0.15) is 12.7 Å². The number of nitrogens with zero attached hydrogens (tertiary/aromatic N) is 3. The highest BCUT2D eigenvalue weighted by Gasteiger charge is 2.33. The summed E-state index contributed by atoms with van der Waals surface area (Å²) >= 11 is 5.48. The molecule has 0 bridgehead atoms. The SMILES string of the molecule is FC(F)(F)c1cc(-n2cncn2)ccc1CCl. The summed E-state index contributed by atoms with van der Waals surface area (Å²) in [6.07, 6.45) is -1.85. The zero-order valence-electron chi connectivity index (χ0n) is 8.45. The molecule has 1 aromatic carbocycles. The first-order valence-corrected chi connectivity index (χ1v) is 5.17. The van der Waals surface area contributed by atoms with Crippen LogP contribution in [0.25, 0.3) is 5.69 Å². The molecule has 0 spiro atoms. The van der Waals surface area contributed by atoms with Crippen molar-refractivity contribution in [2.75, 3.05) is 0 Å². The molecule has 0 aliphatic heterocycles. The Bertz CT molecular complexity index is 508. The van der Waals surface area contributed by atoms with Crippen molar-refractivity contribution in [1.29, 1.82) is 0 Å². The minimum Gasteiger partial charge on any atom is -0.223 e. The smallest absolute Gasteiger partial charge is 0.223 e. The van der Waals surface area contributed by atoms with Gasteiger partial charge in [-0.2, -0.15) is 18.3 Å². The minimum absolute atomic E-state index is 0.0445. The number of aromatic nitrogens is 3. The highest BCUT2D eigenvalue weighted by molar-refractivity contribution is 6.17. The highest BCUT2D eigenvalue weighted by atomic mass is 35.5. The van der Waals surface area contributed by atoms with Crippen LogP contribution in [0.4, 0.5) is 13.2 Å². The topological polar surface area (TPSA) is 30.7 Å². The lowest BCUT2D eigenvalue weighted by Gasteiger charge is -2.12. The molecule has 0 saturated heterocycles. The quantitative estimate of drug-likeness (QED) is 0.778. The van der Waals surface area contributed by atoms with E-state index in [1.165, 1.54) is 29.5 Å². The molecular formula is C10H7ClF3N3. The molecule has 0 amide bonds. The van der Waals surface area contributed by atoms with Crippen molar-refractivity contribution in [1.82, 2.24) is 14.8 Å². The molecule has 0 aliphatic carbocycles. The van der Waals surface area contributed by atoms with E-state index in [0.717, 1.165) is 6.07 Å². The van der Waals surface area contributed by atoms with Gasteiger partial charge in [0.2, 0.25) is 0 Å².